The lowest BCUT2D eigenvalue weighted by molar-refractivity contribution is -0.148. The minimum absolute atomic E-state index is 0.00839. The van der Waals surface area contributed by atoms with Gasteiger partial charge in [0.15, 0.2) is 11.5 Å². The maximum absolute atomic E-state index is 12.7. The van der Waals surface area contributed by atoms with Crippen molar-refractivity contribution in [2.24, 2.45) is 46.3 Å². The largest absolute Gasteiger partial charge is 0.504 e. The summed E-state index contributed by atoms with van der Waals surface area (Å²) in [6, 6.07) is 5.05. The molecule has 8 atom stereocenters. The van der Waals surface area contributed by atoms with Crippen LogP contribution in [0.5, 0.6) is 11.5 Å². The van der Waals surface area contributed by atoms with Crippen molar-refractivity contribution in [1.29, 1.82) is 0 Å². The highest BCUT2D eigenvalue weighted by molar-refractivity contribution is 5.87. The zero-order chi connectivity index (χ0) is 29.4. The fourth-order valence-electron chi connectivity index (χ4n) is 9.77. The first kappa shape index (κ1) is 30.2. The maximum atomic E-state index is 12.7. The molecular formula is C37H54O4. The molecule has 1 N–H and O–H groups in total. The Labute approximate surface area is 249 Å². The van der Waals surface area contributed by atoms with Crippen LogP contribution in [0.3, 0.4) is 0 Å². The summed E-state index contributed by atoms with van der Waals surface area (Å²) in [5.41, 5.74) is 3.41. The van der Waals surface area contributed by atoms with Gasteiger partial charge >= 0.3 is 5.97 Å². The van der Waals surface area contributed by atoms with Gasteiger partial charge in [-0.1, -0.05) is 71.6 Å². The van der Waals surface area contributed by atoms with Gasteiger partial charge < -0.3 is 14.6 Å². The Morgan fingerprint density at radius 2 is 1.80 bits per heavy atom. The number of hydrogen-bond acceptors (Lipinski definition) is 4. The standard InChI is InChI=1S/C37H54O4/c1-24(2)8-7-9-25(3)30-14-15-31-29-13-12-27-23-28(18-20-36(27,4)32(29)19-21-37(30,31)5)41-35(39)17-11-26-10-16-33(38)34(22-26)40-6/h10-11,13,16-17,22,24-25,27-28,30-32,38H,7-9,12,14-15,18-21,23H2,1-6H3/b17-11+/t25-,27+,28+,30-,31+,32+,36+,37-/m1/s1. The third-order valence-corrected chi connectivity index (χ3v) is 12.1. The molecule has 0 aromatic heterocycles. The van der Waals surface area contributed by atoms with E-state index in [2.05, 4.69) is 40.7 Å². The second kappa shape index (κ2) is 12.2. The lowest BCUT2D eigenvalue weighted by atomic mass is 9.47. The predicted molar refractivity (Wildman–Crippen MR) is 167 cm³/mol. The van der Waals surface area contributed by atoms with Crippen LogP contribution in [-0.4, -0.2) is 24.3 Å². The van der Waals surface area contributed by atoms with Crippen LogP contribution in [0.2, 0.25) is 0 Å². The van der Waals surface area contributed by atoms with Crippen molar-refractivity contribution >= 4 is 12.0 Å². The van der Waals surface area contributed by atoms with Crippen LogP contribution < -0.4 is 4.74 Å². The van der Waals surface area contributed by atoms with Crippen LogP contribution in [0.4, 0.5) is 0 Å². The number of phenolic OH excluding ortho intramolecular Hbond substituents is 1. The Morgan fingerprint density at radius 3 is 2.56 bits per heavy atom. The number of rotatable bonds is 9. The van der Waals surface area contributed by atoms with Gasteiger partial charge in [0.2, 0.25) is 0 Å². The number of allylic oxidation sites excluding steroid dienone is 2. The first-order chi connectivity index (χ1) is 19.5. The number of carbonyl (C=O) groups excluding carboxylic acids is 1. The summed E-state index contributed by atoms with van der Waals surface area (Å²) in [6.45, 7) is 12.5. The Balaban J connectivity index is 1.20. The molecule has 0 unspecified atom stereocenters. The second-order valence-electron chi connectivity index (χ2n) is 14.9. The summed E-state index contributed by atoms with van der Waals surface area (Å²) in [7, 11) is 1.52. The van der Waals surface area contributed by atoms with Crippen molar-refractivity contribution in [2.75, 3.05) is 7.11 Å². The van der Waals surface area contributed by atoms with E-state index >= 15 is 0 Å². The van der Waals surface area contributed by atoms with Crippen molar-refractivity contribution in [3.63, 3.8) is 0 Å². The molecule has 0 saturated heterocycles. The van der Waals surface area contributed by atoms with E-state index in [0.29, 0.717) is 28.4 Å². The minimum Gasteiger partial charge on any atom is -0.504 e. The molecule has 4 aliphatic rings. The lowest BCUT2D eigenvalue weighted by Gasteiger charge is -2.58. The van der Waals surface area contributed by atoms with Crippen LogP contribution in [0.25, 0.3) is 6.08 Å². The Kier molecular flexibility index (Phi) is 8.98. The number of phenols is 1. The monoisotopic (exact) mass is 562 g/mol. The molecule has 1 aromatic carbocycles. The summed E-state index contributed by atoms with van der Waals surface area (Å²) < 4.78 is 11.1. The summed E-state index contributed by atoms with van der Waals surface area (Å²) in [5, 5.41) is 9.81. The highest BCUT2D eigenvalue weighted by Crippen LogP contribution is 2.67. The molecule has 3 saturated carbocycles. The van der Waals surface area contributed by atoms with Crippen LogP contribution in [-0.2, 0) is 9.53 Å². The average molecular weight is 563 g/mol. The Morgan fingerprint density at radius 1 is 1.05 bits per heavy atom. The first-order valence-corrected chi connectivity index (χ1v) is 16.5. The number of hydrogen-bond donors (Lipinski definition) is 1. The van der Waals surface area contributed by atoms with Gasteiger partial charge in [-0.25, -0.2) is 4.79 Å². The zero-order valence-corrected chi connectivity index (χ0v) is 26.5. The summed E-state index contributed by atoms with van der Waals surface area (Å²) in [4.78, 5) is 12.7. The van der Waals surface area contributed by atoms with Gasteiger partial charge in [-0.3, -0.25) is 0 Å². The van der Waals surface area contributed by atoms with E-state index in [-0.39, 0.29) is 17.8 Å². The van der Waals surface area contributed by atoms with Crippen molar-refractivity contribution in [2.45, 2.75) is 111 Å². The lowest BCUT2D eigenvalue weighted by Crippen LogP contribution is -2.50. The first-order valence-electron chi connectivity index (χ1n) is 16.5. The molecule has 0 spiro atoms. The van der Waals surface area contributed by atoms with Crippen LogP contribution >= 0.6 is 0 Å². The summed E-state index contributed by atoms with van der Waals surface area (Å²) in [6.07, 6.45) is 19.8. The van der Waals surface area contributed by atoms with E-state index in [4.69, 9.17) is 9.47 Å². The van der Waals surface area contributed by atoms with Gasteiger partial charge in [0, 0.05) is 6.08 Å². The molecule has 4 nitrogen and oxygen atoms in total. The fourth-order valence-corrected chi connectivity index (χ4v) is 9.77. The molecule has 0 bridgehead atoms. The number of carbonyl (C=O) groups is 1. The van der Waals surface area contributed by atoms with Gasteiger partial charge in [-0.2, -0.15) is 0 Å². The SMILES string of the molecule is COc1cc(/C=C/C(=O)O[C@H]2CC[C@@]3(C)[C@@H](CC=C4[C@@H]3CC[C@]3(C)[C@@H]([C@H](C)CCCC(C)C)CC[C@@H]43)C2)ccc1O. The van der Waals surface area contributed by atoms with Gasteiger partial charge in [0.1, 0.15) is 6.10 Å². The molecule has 226 valence electrons. The topological polar surface area (TPSA) is 55.8 Å². The van der Waals surface area contributed by atoms with Gasteiger partial charge in [-0.15, -0.1) is 0 Å². The molecule has 1 aromatic rings. The molecule has 41 heavy (non-hydrogen) atoms. The van der Waals surface area contributed by atoms with Gasteiger partial charge in [0.25, 0.3) is 0 Å². The van der Waals surface area contributed by atoms with Crippen LogP contribution in [0.1, 0.15) is 111 Å². The third-order valence-electron chi connectivity index (χ3n) is 12.1. The number of benzene rings is 1. The van der Waals surface area contributed by atoms with E-state index in [1.54, 1.807) is 24.3 Å². The van der Waals surface area contributed by atoms with E-state index in [1.165, 1.54) is 58.1 Å². The normalized spacial score (nSPS) is 35.4. The Bertz CT molecular complexity index is 1150. The van der Waals surface area contributed by atoms with Gasteiger partial charge in [0.05, 0.1) is 7.11 Å². The third kappa shape index (κ3) is 6.00. The summed E-state index contributed by atoms with van der Waals surface area (Å²) >= 11 is 0. The second-order valence-corrected chi connectivity index (χ2v) is 14.9. The molecule has 0 heterocycles. The maximum Gasteiger partial charge on any atom is 0.331 e. The summed E-state index contributed by atoms with van der Waals surface area (Å²) in [5.74, 6) is 4.78. The Hall–Kier alpha value is -2.23. The molecule has 0 aliphatic heterocycles. The average Bonchev–Trinajstić information content (AvgIpc) is 3.30. The van der Waals surface area contributed by atoms with Gasteiger partial charge in [-0.05, 0) is 121 Å². The molecule has 0 radical (unpaired) electrons. The predicted octanol–water partition coefficient (Wildman–Crippen LogP) is 9.37. The molecule has 4 aliphatic carbocycles. The molecule has 0 amide bonds. The number of methoxy groups -OCH3 is 1. The highest BCUT2D eigenvalue weighted by atomic mass is 16.5. The number of fused-ring (bicyclic) bond motifs is 5. The molecule has 4 heteroatoms. The van der Waals surface area contributed by atoms with Crippen LogP contribution in [0.15, 0.2) is 35.9 Å². The quantitative estimate of drug-likeness (QED) is 0.185. The van der Waals surface area contributed by atoms with Crippen molar-refractivity contribution in [1.82, 2.24) is 0 Å². The van der Waals surface area contributed by atoms with Crippen LogP contribution in [0, 0.1) is 46.3 Å². The number of aromatic hydroxyl groups is 1. The fraction of sp³-hybridized carbons (Fsp3) is 0.703. The van der Waals surface area contributed by atoms with Crippen molar-refractivity contribution in [3.8, 4) is 11.5 Å². The minimum atomic E-state index is -0.286. The van der Waals surface area contributed by atoms with E-state index in [9.17, 15) is 9.90 Å². The number of esters is 1. The zero-order valence-electron chi connectivity index (χ0n) is 26.5. The molecular weight excluding hydrogens is 508 g/mol. The van der Waals surface area contributed by atoms with Crippen molar-refractivity contribution < 1.29 is 19.4 Å². The van der Waals surface area contributed by atoms with Crippen molar-refractivity contribution in [3.05, 3.63) is 41.5 Å². The van der Waals surface area contributed by atoms with E-state index in [1.807, 2.05) is 5.57 Å². The number of ether oxygens (including phenoxy) is 2. The van der Waals surface area contributed by atoms with E-state index in [0.717, 1.165) is 54.9 Å². The smallest absolute Gasteiger partial charge is 0.331 e. The molecule has 3 fully saturated rings. The highest BCUT2D eigenvalue weighted by Gasteiger charge is 2.58. The van der Waals surface area contributed by atoms with E-state index < -0.39 is 0 Å². The molecule has 5 rings (SSSR count).